The van der Waals surface area contributed by atoms with Crippen molar-refractivity contribution in [2.75, 3.05) is 24.6 Å². The molecule has 1 atom stereocenters. The minimum absolute atomic E-state index is 0.0222. The van der Waals surface area contributed by atoms with E-state index in [0.717, 1.165) is 38.0 Å². The summed E-state index contributed by atoms with van der Waals surface area (Å²) >= 11 is 1.70. The standard InChI is InChI=1S/C24H29F2N3O2S/c25-24(26)14-29(15-24)20-9-8-19(28-22(20)31-13-17-6-7-17)21(30)3-1-2-18(12-16-4-5-16)23-27-10-11-32-23/h8-11,16-18H,1-7,12-15H2/t18-/m0/s1. The van der Waals surface area contributed by atoms with Crippen molar-refractivity contribution in [3.63, 3.8) is 0 Å². The number of carbonyl (C=O) groups excluding carboxylic acids is 1. The number of carbonyl (C=O) groups is 1. The highest BCUT2D eigenvalue weighted by atomic mass is 32.1. The zero-order chi connectivity index (χ0) is 22.1. The smallest absolute Gasteiger partial charge is 0.282 e. The lowest BCUT2D eigenvalue weighted by Gasteiger charge is -2.40. The van der Waals surface area contributed by atoms with Gasteiger partial charge >= 0.3 is 0 Å². The van der Waals surface area contributed by atoms with Crippen molar-refractivity contribution in [3.05, 3.63) is 34.4 Å². The number of aromatic nitrogens is 2. The molecule has 0 aromatic carbocycles. The van der Waals surface area contributed by atoms with Crippen molar-refractivity contribution < 1.29 is 18.3 Å². The number of hydrogen-bond acceptors (Lipinski definition) is 6. The van der Waals surface area contributed by atoms with Crippen molar-refractivity contribution in [2.24, 2.45) is 11.8 Å². The molecule has 0 spiro atoms. The molecule has 2 aromatic rings. The summed E-state index contributed by atoms with van der Waals surface area (Å²) in [5.41, 5.74) is 0.918. The molecular weight excluding hydrogens is 432 g/mol. The quantitative estimate of drug-likeness (QED) is 0.379. The Kier molecular flexibility index (Phi) is 6.14. The molecule has 3 heterocycles. The van der Waals surface area contributed by atoms with Crippen LogP contribution in [0.1, 0.15) is 72.8 Å². The summed E-state index contributed by atoms with van der Waals surface area (Å²) in [7, 11) is 0. The fourth-order valence-corrected chi connectivity index (χ4v) is 5.06. The van der Waals surface area contributed by atoms with E-state index < -0.39 is 5.92 Å². The summed E-state index contributed by atoms with van der Waals surface area (Å²) in [5.74, 6) is -0.628. The van der Waals surface area contributed by atoms with Gasteiger partial charge in [0.1, 0.15) is 11.4 Å². The summed E-state index contributed by atoms with van der Waals surface area (Å²) in [6.45, 7) is -0.139. The first-order valence-electron chi connectivity index (χ1n) is 11.7. The number of rotatable bonds is 12. The molecule has 0 radical (unpaired) electrons. The monoisotopic (exact) mass is 461 g/mol. The first-order valence-corrected chi connectivity index (χ1v) is 12.5. The number of ether oxygens (including phenoxy) is 1. The molecular formula is C24H29F2N3O2S. The molecule has 1 aliphatic heterocycles. The Morgan fingerprint density at radius 1 is 1.22 bits per heavy atom. The highest BCUT2D eigenvalue weighted by Gasteiger charge is 2.45. The van der Waals surface area contributed by atoms with Crippen molar-refractivity contribution in [2.45, 2.75) is 63.2 Å². The molecule has 1 saturated heterocycles. The third-order valence-corrected chi connectivity index (χ3v) is 7.47. The summed E-state index contributed by atoms with van der Waals surface area (Å²) in [6.07, 6.45) is 10.0. The van der Waals surface area contributed by atoms with E-state index in [1.807, 2.05) is 11.6 Å². The normalized spacial score (nSPS) is 20.6. The van der Waals surface area contributed by atoms with Crippen LogP contribution in [0.4, 0.5) is 14.5 Å². The Morgan fingerprint density at radius 3 is 2.66 bits per heavy atom. The van der Waals surface area contributed by atoms with Crippen molar-refractivity contribution in [1.29, 1.82) is 0 Å². The number of nitrogens with zero attached hydrogens (tertiary/aromatic N) is 3. The van der Waals surface area contributed by atoms with E-state index in [9.17, 15) is 13.6 Å². The van der Waals surface area contributed by atoms with Gasteiger partial charge in [-0.2, -0.15) is 0 Å². The minimum atomic E-state index is -2.67. The van der Waals surface area contributed by atoms with Crippen LogP contribution in [0.2, 0.25) is 0 Å². The molecule has 3 aliphatic rings. The summed E-state index contributed by atoms with van der Waals surface area (Å²) in [6, 6.07) is 3.36. The molecule has 32 heavy (non-hydrogen) atoms. The lowest BCUT2D eigenvalue weighted by molar-refractivity contribution is -0.0265. The van der Waals surface area contributed by atoms with E-state index in [1.165, 1.54) is 17.8 Å². The lowest BCUT2D eigenvalue weighted by atomic mass is 9.95. The number of hydrogen-bond donors (Lipinski definition) is 0. The number of pyridine rings is 1. The van der Waals surface area contributed by atoms with Crippen LogP contribution in [0.3, 0.4) is 0 Å². The summed E-state index contributed by atoms with van der Waals surface area (Å²) in [4.78, 5) is 23.4. The number of Topliss-reactive ketones (excluding diaryl/α,β-unsaturated/α-hetero) is 1. The first kappa shape index (κ1) is 21.7. The second kappa shape index (κ2) is 9.04. The van der Waals surface area contributed by atoms with E-state index >= 15 is 0 Å². The molecule has 0 N–H and O–H groups in total. The molecule has 0 unspecified atom stereocenters. The Hall–Kier alpha value is -2.09. The third-order valence-electron chi connectivity index (χ3n) is 6.54. The SMILES string of the molecule is O=C(CCC[C@@H](CC1CC1)c1nccs1)c1ccc(N2CC(F)(F)C2)c(OCC2CC2)n1. The molecule has 5 rings (SSSR count). The van der Waals surface area contributed by atoms with Crippen LogP contribution in [-0.2, 0) is 0 Å². The summed E-state index contributed by atoms with van der Waals surface area (Å²) in [5, 5.41) is 3.19. The van der Waals surface area contributed by atoms with Crippen LogP contribution in [0.25, 0.3) is 0 Å². The van der Waals surface area contributed by atoms with Gasteiger partial charge in [0, 0.05) is 23.9 Å². The number of halogens is 2. The van der Waals surface area contributed by atoms with Gasteiger partial charge in [-0.3, -0.25) is 4.79 Å². The highest BCUT2D eigenvalue weighted by molar-refractivity contribution is 7.09. The topological polar surface area (TPSA) is 55.3 Å². The Bertz CT molecular complexity index is 937. The molecule has 172 valence electrons. The predicted octanol–water partition coefficient (Wildman–Crippen LogP) is 5.72. The predicted molar refractivity (Wildman–Crippen MR) is 120 cm³/mol. The van der Waals surface area contributed by atoms with Gasteiger partial charge in [-0.25, -0.2) is 18.7 Å². The number of alkyl halides is 2. The highest BCUT2D eigenvalue weighted by Crippen LogP contribution is 2.41. The zero-order valence-electron chi connectivity index (χ0n) is 18.1. The van der Waals surface area contributed by atoms with Gasteiger partial charge in [0.25, 0.3) is 5.92 Å². The van der Waals surface area contributed by atoms with Gasteiger partial charge in [-0.1, -0.05) is 12.8 Å². The molecule has 8 heteroatoms. The molecule has 0 amide bonds. The van der Waals surface area contributed by atoms with E-state index in [4.69, 9.17) is 4.74 Å². The molecule has 5 nitrogen and oxygen atoms in total. The second-order valence-electron chi connectivity index (χ2n) is 9.55. The fourth-order valence-electron chi connectivity index (χ4n) is 4.27. The molecule has 2 aromatic heterocycles. The number of ketones is 1. The van der Waals surface area contributed by atoms with Crippen LogP contribution in [-0.4, -0.2) is 41.4 Å². The molecule has 0 bridgehead atoms. The number of thiazole rings is 1. The van der Waals surface area contributed by atoms with Crippen LogP contribution in [0.5, 0.6) is 5.88 Å². The average Bonchev–Trinajstić information content (AvgIpc) is 3.69. The first-order chi connectivity index (χ1) is 15.5. The fraction of sp³-hybridized carbons (Fsp3) is 0.625. The van der Waals surface area contributed by atoms with E-state index in [-0.39, 0.29) is 18.9 Å². The number of anilines is 1. The van der Waals surface area contributed by atoms with Crippen LogP contribution >= 0.6 is 11.3 Å². The van der Waals surface area contributed by atoms with E-state index in [0.29, 0.717) is 42.1 Å². The second-order valence-corrected chi connectivity index (χ2v) is 10.5. The van der Waals surface area contributed by atoms with Crippen molar-refractivity contribution in [3.8, 4) is 5.88 Å². The van der Waals surface area contributed by atoms with Gasteiger partial charge in [0.2, 0.25) is 5.88 Å². The molecule has 2 saturated carbocycles. The van der Waals surface area contributed by atoms with Gasteiger partial charge in [0.15, 0.2) is 5.78 Å². The Labute approximate surface area is 191 Å². The average molecular weight is 462 g/mol. The maximum absolute atomic E-state index is 13.4. The molecule has 3 fully saturated rings. The summed E-state index contributed by atoms with van der Waals surface area (Å²) < 4.78 is 32.6. The zero-order valence-corrected chi connectivity index (χ0v) is 19.0. The maximum atomic E-state index is 13.4. The van der Waals surface area contributed by atoms with Crippen molar-refractivity contribution >= 4 is 22.8 Å². The third kappa shape index (κ3) is 5.45. The lowest BCUT2D eigenvalue weighted by Crippen LogP contribution is -2.56. The minimum Gasteiger partial charge on any atom is -0.476 e. The largest absolute Gasteiger partial charge is 0.476 e. The maximum Gasteiger partial charge on any atom is 0.282 e. The van der Waals surface area contributed by atoms with Crippen LogP contribution in [0, 0.1) is 11.8 Å². The van der Waals surface area contributed by atoms with Gasteiger partial charge < -0.3 is 9.64 Å². The van der Waals surface area contributed by atoms with E-state index in [2.05, 4.69) is 9.97 Å². The van der Waals surface area contributed by atoms with Crippen LogP contribution in [0.15, 0.2) is 23.7 Å². The van der Waals surface area contributed by atoms with Gasteiger partial charge in [0.05, 0.1) is 24.7 Å². The van der Waals surface area contributed by atoms with Gasteiger partial charge in [-0.15, -0.1) is 11.3 Å². The molecule has 2 aliphatic carbocycles. The Morgan fingerprint density at radius 2 is 2.00 bits per heavy atom. The van der Waals surface area contributed by atoms with Crippen molar-refractivity contribution in [1.82, 2.24) is 9.97 Å². The van der Waals surface area contributed by atoms with Crippen LogP contribution < -0.4 is 9.64 Å². The van der Waals surface area contributed by atoms with Gasteiger partial charge in [-0.05, 0) is 56.1 Å². The Balaban J connectivity index is 1.21. The van der Waals surface area contributed by atoms with E-state index in [1.54, 1.807) is 28.4 Å².